The molecule has 5 aliphatic heterocycles. The minimum Gasteiger partial charge on any atom is -0.317 e. The first-order chi connectivity index (χ1) is 9.95. The Morgan fingerprint density at radius 1 is 0.400 bits per heavy atom. The van der Waals surface area contributed by atoms with Crippen molar-refractivity contribution in [1.82, 2.24) is 25.8 Å². The first kappa shape index (κ1) is 16.2. The van der Waals surface area contributed by atoms with Gasteiger partial charge in [0.05, 0.1) is 0 Å². The summed E-state index contributed by atoms with van der Waals surface area (Å²) in [6.45, 7) is 15.0. The Kier molecular flexibility index (Phi) is 8.50. The zero-order valence-corrected chi connectivity index (χ0v) is 13.0. The second kappa shape index (κ2) is 10.5. The third-order valence-corrected chi connectivity index (χ3v) is 4.36. The molecule has 118 valence electrons. The van der Waals surface area contributed by atoms with E-state index in [2.05, 4.69) is 25.8 Å². The Hall–Kier alpha value is -0.200. The van der Waals surface area contributed by atoms with Crippen LogP contribution in [0.4, 0.5) is 0 Å². The molecule has 0 aromatic carbocycles. The lowest BCUT2D eigenvalue weighted by atomic mass is 10.2. The molecule has 2 bridgehead atoms. The van der Waals surface area contributed by atoms with Gasteiger partial charge >= 0.3 is 0 Å². The van der Waals surface area contributed by atoms with E-state index >= 15 is 0 Å². The van der Waals surface area contributed by atoms with Gasteiger partial charge in [-0.2, -0.15) is 0 Å². The smallest absolute Gasteiger partial charge is 0.0110 e. The first-order valence-corrected chi connectivity index (χ1v) is 8.52. The highest BCUT2D eigenvalue weighted by Crippen LogP contribution is 2.06. The molecule has 0 aliphatic carbocycles. The molecule has 0 unspecified atom stereocenters. The number of piperazine rings is 4. The van der Waals surface area contributed by atoms with Crippen LogP contribution in [0.15, 0.2) is 0 Å². The van der Waals surface area contributed by atoms with Crippen molar-refractivity contribution in [1.29, 1.82) is 0 Å². The summed E-state index contributed by atoms with van der Waals surface area (Å²) in [6, 6.07) is 0. The summed E-state index contributed by atoms with van der Waals surface area (Å²) in [5, 5.41) is 9.73. The maximum Gasteiger partial charge on any atom is 0.0110 e. The number of nitrogens with zero attached hydrogens (tertiary/aromatic N) is 2. The number of nitrogens with one attached hydrogen (secondary N) is 3. The lowest BCUT2D eigenvalue weighted by molar-refractivity contribution is 0.0647. The number of hydrogen-bond acceptors (Lipinski definition) is 5. The van der Waals surface area contributed by atoms with Gasteiger partial charge in [-0.15, -0.1) is 0 Å². The normalized spacial score (nSPS) is 32.4. The monoisotopic (exact) mass is 283 g/mol. The van der Waals surface area contributed by atoms with Gasteiger partial charge in [0.25, 0.3) is 0 Å². The maximum absolute atomic E-state index is 3.28. The van der Waals surface area contributed by atoms with Gasteiger partial charge in [-0.1, -0.05) is 6.42 Å². The molecule has 5 aliphatic rings. The molecular formula is C15H33N5. The summed E-state index contributed by atoms with van der Waals surface area (Å²) >= 11 is 0. The van der Waals surface area contributed by atoms with E-state index in [9.17, 15) is 0 Å². The number of piperidine rings is 1. The molecule has 0 atom stereocenters. The van der Waals surface area contributed by atoms with Crippen LogP contribution in [-0.2, 0) is 0 Å². The molecule has 0 aromatic rings. The van der Waals surface area contributed by atoms with Gasteiger partial charge < -0.3 is 16.0 Å². The van der Waals surface area contributed by atoms with E-state index in [4.69, 9.17) is 0 Å². The number of rotatable bonds is 0. The lowest BCUT2D eigenvalue weighted by Gasteiger charge is -2.41. The van der Waals surface area contributed by atoms with Crippen molar-refractivity contribution in [2.45, 2.75) is 19.3 Å². The number of hydrogen-bond donors (Lipinski definition) is 3. The Labute approximate surface area is 124 Å². The predicted octanol–water partition coefficient (Wildman–Crippen LogP) is -0.443. The van der Waals surface area contributed by atoms with Crippen LogP contribution in [0.1, 0.15) is 19.3 Å². The SMILES string of the molecule is C1CCNCC1.C1CN2CCN1CC2.C1CNCCN1. The highest BCUT2D eigenvalue weighted by molar-refractivity contribution is 4.78. The number of fused-ring (bicyclic) bond motifs is 3. The minimum atomic E-state index is 1.14. The van der Waals surface area contributed by atoms with Gasteiger partial charge in [0.1, 0.15) is 0 Å². The van der Waals surface area contributed by atoms with E-state index in [1.807, 2.05) is 0 Å². The summed E-state index contributed by atoms with van der Waals surface area (Å²) in [5.74, 6) is 0. The van der Waals surface area contributed by atoms with Crippen LogP contribution in [0, 0.1) is 0 Å². The fourth-order valence-electron chi connectivity index (χ4n) is 2.92. The van der Waals surface area contributed by atoms with E-state index in [1.165, 1.54) is 71.6 Å². The van der Waals surface area contributed by atoms with Crippen LogP contribution >= 0.6 is 0 Å². The molecule has 5 saturated heterocycles. The third-order valence-electron chi connectivity index (χ3n) is 4.36. The topological polar surface area (TPSA) is 42.6 Å². The largest absolute Gasteiger partial charge is 0.317 e. The van der Waals surface area contributed by atoms with E-state index in [0.717, 1.165) is 26.2 Å². The molecule has 5 fully saturated rings. The van der Waals surface area contributed by atoms with Crippen molar-refractivity contribution < 1.29 is 0 Å². The van der Waals surface area contributed by atoms with Crippen LogP contribution in [0.25, 0.3) is 0 Å². The summed E-state index contributed by atoms with van der Waals surface area (Å²) < 4.78 is 0. The highest BCUT2D eigenvalue weighted by atomic mass is 15.3. The molecule has 0 spiro atoms. The first-order valence-electron chi connectivity index (χ1n) is 8.52. The van der Waals surface area contributed by atoms with E-state index in [1.54, 1.807) is 0 Å². The van der Waals surface area contributed by atoms with E-state index < -0.39 is 0 Å². The molecule has 3 N–H and O–H groups in total. The lowest BCUT2D eigenvalue weighted by Crippen LogP contribution is -2.55. The standard InChI is InChI=1S/C6H12N2.C5H11N.C4H10N2/c1-2-8-5-3-7(1)4-6-8;1-2-4-6-5-3-1;1-2-6-4-3-5-1/h1-6H2;6H,1-5H2;5-6H,1-4H2. The van der Waals surface area contributed by atoms with Gasteiger partial charge in [0.15, 0.2) is 0 Å². The van der Waals surface area contributed by atoms with Crippen molar-refractivity contribution in [3.8, 4) is 0 Å². The van der Waals surface area contributed by atoms with Crippen molar-refractivity contribution in [3.05, 3.63) is 0 Å². The van der Waals surface area contributed by atoms with Gasteiger partial charge in [0.2, 0.25) is 0 Å². The fourth-order valence-corrected chi connectivity index (χ4v) is 2.92. The molecule has 0 amide bonds. The van der Waals surface area contributed by atoms with Crippen LogP contribution in [0.3, 0.4) is 0 Å². The summed E-state index contributed by atoms with van der Waals surface area (Å²) in [5.41, 5.74) is 0. The highest BCUT2D eigenvalue weighted by Gasteiger charge is 2.21. The van der Waals surface area contributed by atoms with E-state index in [-0.39, 0.29) is 0 Å². The molecule has 0 saturated carbocycles. The van der Waals surface area contributed by atoms with Crippen molar-refractivity contribution in [2.75, 3.05) is 78.5 Å². The van der Waals surface area contributed by atoms with Gasteiger partial charge in [-0.05, 0) is 25.9 Å². The second-order valence-corrected chi connectivity index (χ2v) is 5.99. The summed E-state index contributed by atoms with van der Waals surface area (Å²) in [4.78, 5) is 5.08. The Morgan fingerprint density at radius 3 is 0.900 bits per heavy atom. The van der Waals surface area contributed by atoms with Gasteiger partial charge in [-0.25, -0.2) is 0 Å². The summed E-state index contributed by atoms with van der Waals surface area (Å²) in [6.07, 6.45) is 4.22. The molecule has 5 nitrogen and oxygen atoms in total. The molecule has 0 aromatic heterocycles. The Morgan fingerprint density at radius 2 is 0.750 bits per heavy atom. The van der Waals surface area contributed by atoms with Crippen LogP contribution in [0.2, 0.25) is 0 Å². The zero-order chi connectivity index (χ0) is 13.9. The van der Waals surface area contributed by atoms with Gasteiger partial charge in [0, 0.05) is 65.4 Å². The predicted molar refractivity (Wildman–Crippen MR) is 85.3 cm³/mol. The van der Waals surface area contributed by atoms with Crippen LogP contribution in [-0.4, -0.2) is 88.3 Å². The molecule has 20 heavy (non-hydrogen) atoms. The van der Waals surface area contributed by atoms with Crippen LogP contribution < -0.4 is 16.0 Å². The minimum absolute atomic E-state index is 1.14. The molecule has 5 rings (SSSR count). The van der Waals surface area contributed by atoms with Crippen molar-refractivity contribution >= 4 is 0 Å². The maximum atomic E-state index is 3.28. The average Bonchev–Trinajstić information content (AvgIpc) is 2.61. The van der Waals surface area contributed by atoms with Gasteiger partial charge in [-0.3, -0.25) is 9.80 Å². The fraction of sp³-hybridized carbons (Fsp3) is 1.00. The Balaban J connectivity index is 0.000000112. The molecule has 0 radical (unpaired) electrons. The zero-order valence-electron chi connectivity index (χ0n) is 13.0. The summed E-state index contributed by atoms with van der Waals surface area (Å²) in [7, 11) is 0. The van der Waals surface area contributed by atoms with Crippen LogP contribution in [0.5, 0.6) is 0 Å². The molecular weight excluding hydrogens is 250 g/mol. The van der Waals surface area contributed by atoms with Crippen molar-refractivity contribution in [2.24, 2.45) is 0 Å². The second-order valence-electron chi connectivity index (χ2n) is 5.99. The quantitative estimate of drug-likeness (QED) is 0.562. The Bertz CT molecular complexity index is 162. The molecule has 5 heteroatoms. The van der Waals surface area contributed by atoms with E-state index in [0.29, 0.717) is 0 Å². The van der Waals surface area contributed by atoms with Crippen molar-refractivity contribution in [3.63, 3.8) is 0 Å². The molecule has 5 heterocycles. The average molecular weight is 283 g/mol. The third kappa shape index (κ3) is 6.99.